The predicted octanol–water partition coefficient (Wildman–Crippen LogP) is 2.66. The number of methoxy groups -OCH3 is 2. The lowest BCUT2D eigenvalue weighted by Crippen LogP contribution is -2.32. The highest BCUT2D eigenvalue weighted by molar-refractivity contribution is 14.1. The molecule has 1 aromatic rings. The lowest BCUT2D eigenvalue weighted by Gasteiger charge is -2.24. The third kappa shape index (κ3) is 4.20. The third-order valence-electron chi connectivity index (χ3n) is 2.79. The molecule has 0 radical (unpaired) electrons. The van der Waals surface area contributed by atoms with Gasteiger partial charge in [0, 0.05) is 0 Å². The average molecular weight is 381 g/mol. The molecule has 0 aliphatic heterocycles. The number of halogens is 1. The zero-order chi connectivity index (χ0) is 14.4. The van der Waals surface area contributed by atoms with Crippen molar-refractivity contribution in [2.75, 3.05) is 28.4 Å². The van der Waals surface area contributed by atoms with Crippen molar-refractivity contribution in [3.8, 4) is 11.5 Å². The van der Waals surface area contributed by atoms with Crippen LogP contribution in [0.1, 0.15) is 12.5 Å². The van der Waals surface area contributed by atoms with Gasteiger partial charge in [0.25, 0.3) is 0 Å². The summed E-state index contributed by atoms with van der Waals surface area (Å²) in [5.41, 5.74) is 1.05. The molecule has 0 saturated carbocycles. The van der Waals surface area contributed by atoms with E-state index in [-0.39, 0.29) is 6.04 Å². The van der Waals surface area contributed by atoms with Crippen molar-refractivity contribution in [2.24, 2.45) is 0 Å². The molecule has 0 saturated heterocycles. The van der Waals surface area contributed by atoms with Gasteiger partial charge in [0.15, 0.2) is 0 Å². The molecule has 1 rings (SSSR count). The molecule has 0 bridgehead atoms. The molecule has 1 atom stereocenters. The summed E-state index contributed by atoms with van der Waals surface area (Å²) in [6.07, 6.45) is 0.720. The molecule has 5 nitrogen and oxygen atoms in total. The number of hydrogen-bond donors (Lipinski definition) is 0. The molecule has 1 aromatic carbocycles. The summed E-state index contributed by atoms with van der Waals surface area (Å²) in [6, 6.07) is 4.00. The van der Waals surface area contributed by atoms with Crippen LogP contribution in [0.3, 0.4) is 0 Å². The van der Waals surface area contributed by atoms with Gasteiger partial charge in [0.05, 0.1) is 38.1 Å². The number of rotatable bonds is 7. The minimum absolute atomic E-state index is 0.0497. The van der Waals surface area contributed by atoms with Crippen LogP contribution in [0.2, 0.25) is 0 Å². The van der Waals surface area contributed by atoms with Gasteiger partial charge in [-0.2, -0.15) is 0 Å². The molecule has 0 amide bonds. The first kappa shape index (κ1) is 16.5. The van der Waals surface area contributed by atoms with E-state index in [2.05, 4.69) is 22.6 Å². The molecule has 6 heteroatoms. The molecule has 0 heterocycles. The molecular weight excluding hydrogens is 361 g/mol. The Morgan fingerprint density at radius 1 is 1.05 bits per heavy atom. The molecule has 108 valence electrons. The Balaban J connectivity index is 2.98. The maximum Gasteiger partial charge on any atom is 0.132 e. The quantitative estimate of drug-likeness (QED) is 0.537. The van der Waals surface area contributed by atoms with Crippen LogP contribution in [-0.2, 0) is 16.1 Å². The van der Waals surface area contributed by atoms with Crippen LogP contribution in [0.15, 0.2) is 12.1 Å². The minimum Gasteiger partial charge on any atom is -0.496 e. The second-order valence-electron chi connectivity index (χ2n) is 4.00. The first-order valence-corrected chi connectivity index (χ1v) is 6.93. The van der Waals surface area contributed by atoms with E-state index in [0.29, 0.717) is 0 Å². The van der Waals surface area contributed by atoms with E-state index in [9.17, 15) is 0 Å². The molecule has 0 aliphatic rings. The van der Waals surface area contributed by atoms with Crippen molar-refractivity contribution in [1.29, 1.82) is 0 Å². The minimum atomic E-state index is 0.0497. The Morgan fingerprint density at radius 3 is 2.11 bits per heavy atom. The van der Waals surface area contributed by atoms with Gasteiger partial charge in [-0.1, -0.05) is 5.23 Å². The summed E-state index contributed by atoms with van der Waals surface area (Å²) in [5.74, 6) is 1.68. The molecular formula is C13H20INO4. The number of ether oxygens (including phenoxy) is 2. The molecule has 19 heavy (non-hydrogen) atoms. The van der Waals surface area contributed by atoms with Crippen LogP contribution in [0.4, 0.5) is 0 Å². The molecule has 1 unspecified atom stereocenters. The maximum absolute atomic E-state index is 5.41. The molecule has 0 N–H and O–H groups in total. The monoisotopic (exact) mass is 381 g/mol. The van der Waals surface area contributed by atoms with Crippen molar-refractivity contribution in [1.82, 2.24) is 5.23 Å². The van der Waals surface area contributed by atoms with Gasteiger partial charge in [0.2, 0.25) is 0 Å². The molecule has 0 aromatic heterocycles. The summed E-state index contributed by atoms with van der Waals surface area (Å²) in [5, 5.41) is 1.45. The fourth-order valence-corrected chi connectivity index (χ4v) is 2.57. The van der Waals surface area contributed by atoms with Crippen molar-refractivity contribution in [3.63, 3.8) is 0 Å². The zero-order valence-electron chi connectivity index (χ0n) is 11.9. The second-order valence-corrected chi connectivity index (χ2v) is 5.16. The second kappa shape index (κ2) is 7.88. The standard InChI is InChI=1S/C13H20INO4/c1-9(15(18-4)19-5)6-10-7-13(17-3)11(14)8-12(10)16-2/h7-9H,6H2,1-5H3. The van der Waals surface area contributed by atoms with Crippen LogP contribution in [0.25, 0.3) is 0 Å². The first-order chi connectivity index (χ1) is 9.07. The summed E-state index contributed by atoms with van der Waals surface area (Å²) >= 11 is 2.22. The van der Waals surface area contributed by atoms with E-state index in [1.54, 1.807) is 28.4 Å². The fourth-order valence-electron chi connectivity index (χ4n) is 1.91. The lowest BCUT2D eigenvalue weighted by atomic mass is 10.1. The van der Waals surface area contributed by atoms with Crippen LogP contribution >= 0.6 is 22.6 Å². The van der Waals surface area contributed by atoms with Crippen LogP contribution in [0, 0.1) is 3.57 Å². The number of nitrogens with zero attached hydrogens (tertiary/aromatic N) is 1. The smallest absolute Gasteiger partial charge is 0.132 e. The zero-order valence-corrected chi connectivity index (χ0v) is 14.1. The Bertz CT molecular complexity index is 410. The van der Waals surface area contributed by atoms with Gasteiger partial charge < -0.3 is 9.47 Å². The largest absolute Gasteiger partial charge is 0.496 e. The van der Waals surface area contributed by atoms with Gasteiger partial charge in [-0.25, -0.2) is 0 Å². The molecule has 0 fully saturated rings. The van der Waals surface area contributed by atoms with Crippen molar-refractivity contribution in [3.05, 3.63) is 21.3 Å². The van der Waals surface area contributed by atoms with Crippen LogP contribution < -0.4 is 9.47 Å². The Kier molecular flexibility index (Phi) is 6.84. The number of hydroxylamine groups is 2. The van der Waals surface area contributed by atoms with Crippen LogP contribution in [-0.4, -0.2) is 39.7 Å². The van der Waals surface area contributed by atoms with E-state index in [4.69, 9.17) is 19.1 Å². The van der Waals surface area contributed by atoms with Gasteiger partial charge >= 0.3 is 0 Å². The first-order valence-electron chi connectivity index (χ1n) is 5.85. The number of hydrogen-bond acceptors (Lipinski definition) is 5. The fraction of sp³-hybridized carbons (Fsp3) is 0.538. The third-order valence-corrected chi connectivity index (χ3v) is 3.63. The highest BCUT2D eigenvalue weighted by Gasteiger charge is 2.18. The molecule has 0 spiro atoms. The lowest BCUT2D eigenvalue weighted by molar-refractivity contribution is -0.361. The molecule has 0 aliphatic carbocycles. The van der Waals surface area contributed by atoms with E-state index < -0.39 is 0 Å². The van der Waals surface area contributed by atoms with Crippen molar-refractivity contribution >= 4 is 22.6 Å². The summed E-state index contributed by atoms with van der Waals surface area (Å²) in [6.45, 7) is 2.01. The highest BCUT2D eigenvalue weighted by Crippen LogP contribution is 2.31. The van der Waals surface area contributed by atoms with Crippen LogP contribution in [0.5, 0.6) is 11.5 Å². The summed E-state index contributed by atoms with van der Waals surface area (Å²) in [4.78, 5) is 10.2. The topological polar surface area (TPSA) is 40.2 Å². The SMILES string of the molecule is COc1cc(CC(C)N(OC)OC)c(OC)cc1I. The van der Waals surface area contributed by atoms with E-state index in [0.717, 1.165) is 27.1 Å². The van der Waals surface area contributed by atoms with E-state index in [1.165, 1.54) is 5.23 Å². The number of benzene rings is 1. The van der Waals surface area contributed by atoms with Gasteiger partial charge in [-0.15, -0.1) is 0 Å². The Morgan fingerprint density at radius 2 is 1.63 bits per heavy atom. The predicted molar refractivity (Wildman–Crippen MR) is 81.3 cm³/mol. The van der Waals surface area contributed by atoms with E-state index in [1.807, 2.05) is 19.1 Å². The Labute approximate surface area is 127 Å². The highest BCUT2D eigenvalue weighted by atomic mass is 127. The summed E-state index contributed by atoms with van der Waals surface area (Å²) in [7, 11) is 6.47. The van der Waals surface area contributed by atoms with Gasteiger partial charge in [-0.05, 0) is 53.6 Å². The van der Waals surface area contributed by atoms with Crippen molar-refractivity contribution in [2.45, 2.75) is 19.4 Å². The van der Waals surface area contributed by atoms with Crippen molar-refractivity contribution < 1.29 is 19.1 Å². The van der Waals surface area contributed by atoms with E-state index >= 15 is 0 Å². The average Bonchev–Trinajstić information content (AvgIpc) is 2.41. The summed E-state index contributed by atoms with van der Waals surface area (Å²) < 4.78 is 11.8. The Hall–Kier alpha value is -0.570. The van der Waals surface area contributed by atoms with Gasteiger partial charge in [0.1, 0.15) is 11.5 Å². The van der Waals surface area contributed by atoms with Gasteiger partial charge in [-0.3, -0.25) is 9.68 Å². The normalized spacial score (nSPS) is 12.6. The maximum atomic E-state index is 5.41.